The summed E-state index contributed by atoms with van der Waals surface area (Å²) < 4.78 is 10.5. The Bertz CT molecular complexity index is 649. The maximum atomic E-state index is 11.2. The molecule has 1 fully saturated rings. The van der Waals surface area contributed by atoms with Crippen LogP contribution in [0.4, 0.5) is 0 Å². The van der Waals surface area contributed by atoms with Gasteiger partial charge < -0.3 is 14.4 Å². The highest BCUT2D eigenvalue weighted by molar-refractivity contribution is 5.31. The third kappa shape index (κ3) is 3.26. The Balaban J connectivity index is 1.79. The lowest BCUT2D eigenvalue weighted by molar-refractivity contribution is -0.0274. The largest absolute Gasteiger partial charge is 0.497 e. The zero-order valence-electron chi connectivity index (χ0n) is 14.0. The molecule has 0 amide bonds. The molecule has 5 nitrogen and oxygen atoms in total. The monoisotopic (exact) mass is 316 g/mol. The number of rotatable bonds is 5. The van der Waals surface area contributed by atoms with Gasteiger partial charge in [-0.1, -0.05) is 17.3 Å². The van der Waals surface area contributed by atoms with Crippen LogP contribution >= 0.6 is 0 Å². The van der Waals surface area contributed by atoms with E-state index >= 15 is 0 Å². The van der Waals surface area contributed by atoms with Crippen LogP contribution in [-0.2, 0) is 12.1 Å². The Morgan fingerprint density at radius 1 is 1.39 bits per heavy atom. The van der Waals surface area contributed by atoms with Crippen LogP contribution in [0.15, 0.2) is 34.9 Å². The third-order valence-electron chi connectivity index (χ3n) is 4.72. The summed E-state index contributed by atoms with van der Waals surface area (Å²) in [4.78, 5) is 2.28. The van der Waals surface area contributed by atoms with Crippen molar-refractivity contribution in [2.24, 2.45) is 0 Å². The van der Waals surface area contributed by atoms with Gasteiger partial charge in [-0.05, 0) is 50.9 Å². The highest BCUT2D eigenvalue weighted by Crippen LogP contribution is 2.36. The Kier molecular flexibility index (Phi) is 4.41. The molecule has 1 saturated heterocycles. The number of ether oxygens (including phenoxy) is 1. The average Bonchev–Trinajstić information content (AvgIpc) is 3.17. The first-order valence-corrected chi connectivity index (χ1v) is 8.04. The molecule has 0 saturated carbocycles. The van der Waals surface area contributed by atoms with Gasteiger partial charge in [0.25, 0.3) is 0 Å². The number of aliphatic hydroxyl groups is 1. The van der Waals surface area contributed by atoms with Gasteiger partial charge in [-0.2, -0.15) is 0 Å². The molecule has 5 heteroatoms. The number of aryl methyl sites for hydroxylation is 1. The van der Waals surface area contributed by atoms with Gasteiger partial charge in [0, 0.05) is 12.1 Å². The van der Waals surface area contributed by atoms with E-state index in [4.69, 9.17) is 9.26 Å². The van der Waals surface area contributed by atoms with Gasteiger partial charge in [0.2, 0.25) is 0 Å². The Hall–Kier alpha value is -1.85. The lowest BCUT2D eigenvalue weighted by atomic mass is 9.86. The first kappa shape index (κ1) is 16.0. The van der Waals surface area contributed by atoms with Crippen LogP contribution in [0.2, 0.25) is 0 Å². The second-order valence-corrected chi connectivity index (χ2v) is 6.44. The van der Waals surface area contributed by atoms with Crippen molar-refractivity contribution in [2.45, 2.75) is 44.9 Å². The topological polar surface area (TPSA) is 58.7 Å². The normalized spacial score (nSPS) is 21.3. The number of benzene rings is 1. The van der Waals surface area contributed by atoms with Gasteiger partial charge in [-0.25, -0.2) is 0 Å². The summed E-state index contributed by atoms with van der Waals surface area (Å²) >= 11 is 0. The van der Waals surface area contributed by atoms with Crippen molar-refractivity contribution in [2.75, 3.05) is 13.7 Å². The van der Waals surface area contributed by atoms with Gasteiger partial charge in [0.05, 0.1) is 19.3 Å². The molecule has 3 rings (SSSR count). The minimum absolute atomic E-state index is 0.0568. The van der Waals surface area contributed by atoms with E-state index in [0.717, 1.165) is 42.2 Å². The molecule has 0 spiro atoms. The number of hydrogen-bond acceptors (Lipinski definition) is 5. The third-order valence-corrected chi connectivity index (χ3v) is 4.72. The maximum Gasteiger partial charge on any atom is 0.150 e. The van der Waals surface area contributed by atoms with Crippen LogP contribution in [0, 0.1) is 6.92 Å². The molecule has 2 atom stereocenters. The summed E-state index contributed by atoms with van der Waals surface area (Å²) in [5, 5.41) is 15.1. The molecule has 1 aromatic carbocycles. The zero-order chi connectivity index (χ0) is 16.4. The highest BCUT2D eigenvalue weighted by atomic mass is 16.5. The van der Waals surface area contributed by atoms with E-state index < -0.39 is 5.60 Å². The first-order valence-electron chi connectivity index (χ1n) is 8.04. The first-order chi connectivity index (χ1) is 11.0. The molecule has 124 valence electrons. The summed E-state index contributed by atoms with van der Waals surface area (Å²) in [5.74, 6) is 1.64. The zero-order valence-corrected chi connectivity index (χ0v) is 14.0. The van der Waals surface area contributed by atoms with Crippen LogP contribution in [0.3, 0.4) is 0 Å². The van der Waals surface area contributed by atoms with Crippen molar-refractivity contribution < 1.29 is 14.4 Å². The van der Waals surface area contributed by atoms with E-state index in [2.05, 4.69) is 10.1 Å². The molecule has 2 aromatic rings. The average molecular weight is 316 g/mol. The fourth-order valence-corrected chi connectivity index (χ4v) is 3.46. The van der Waals surface area contributed by atoms with Crippen molar-refractivity contribution >= 4 is 0 Å². The minimum atomic E-state index is -0.919. The maximum absolute atomic E-state index is 11.2. The van der Waals surface area contributed by atoms with Gasteiger partial charge in [0.1, 0.15) is 11.4 Å². The second kappa shape index (κ2) is 6.34. The van der Waals surface area contributed by atoms with E-state index in [1.54, 1.807) is 7.11 Å². The number of likely N-dealkylation sites (tertiary alicyclic amines) is 1. The van der Waals surface area contributed by atoms with Gasteiger partial charge >= 0.3 is 0 Å². The number of nitrogens with zero attached hydrogens (tertiary/aromatic N) is 2. The van der Waals surface area contributed by atoms with Crippen molar-refractivity contribution in [3.05, 3.63) is 47.3 Å². The predicted molar refractivity (Wildman–Crippen MR) is 87.2 cm³/mol. The number of hydrogen-bond donors (Lipinski definition) is 1. The van der Waals surface area contributed by atoms with Crippen molar-refractivity contribution in [1.29, 1.82) is 0 Å². The van der Waals surface area contributed by atoms with Crippen LogP contribution in [-0.4, -0.2) is 34.9 Å². The summed E-state index contributed by atoms with van der Waals surface area (Å²) in [6, 6.07) is 9.67. The lowest BCUT2D eigenvalue weighted by Gasteiger charge is -2.36. The van der Waals surface area contributed by atoms with E-state index in [-0.39, 0.29) is 6.04 Å². The highest BCUT2D eigenvalue weighted by Gasteiger charge is 2.40. The van der Waals surface area contributed by atoms with Crippen LogP contribution in [0.5, 0.6) is 5.75 Å². The van der Waals surface area contributed by atoms with E-state index in [1.165, 1.54) is 0 Å². The molecule has 0 unspecified atom stereocenters. The Labute approximate surface area is 136 Å². The molecule has 2 heterocycles. The van der Waals surface area contributed by atoms with Crippen LogP contribution < -0.4 is 4.74 Å². The van der Waals surface area contributed by atoms with E-state index in [9.17, 15) is 5.11 Å². The number of methoxy groups -OCH3 is 1. The molecule has 0 aliphatic carbocycles. The summed E-state index contributed by atoms with van der Waals surface area (Å²) in [6.07, 6.45) is 2.04. The lowest BCUT2D eigenvalue weighted by Crippen LogP contribution is -2.45. The summed E-state index contributed by atoms with van der Waals surface area (Å²) in [5.41, 5.74) is 0.874. The Morgan fingerprint density at radius 3 is 2.74 bits per heavy atom. The fraction of sp³-hybridized carbons (Fsp3) is 0.500. The molecule has 0 radical (unpaired) electrons. The van der Waals surface area contributed by atoms with E-state index in [0.29, 0.717) is 6.54 Å². The summed E-state index contributed by atoms with van der Waals surface area (Å²) in [7, 11) is 1.64. The molecular formula is C18H24N2O3. The Morgan fingerprint density at radius 2 is 2.13 bits per heavy atom. The van der Waals surface area contributed by atoms with Crippen LogP contribution in [0.1, 0.15) is 36.8 Å². The molecule has 1 N–H and O–H groups in total. The van der Waals surface area contributed by atoms with Crippen molar-refractivity contribution in [3.63, 3.8) is 0 Å². The van der Waals surface area contributed by atoms with Gasteiger partial charge in [-0.15, -0.1) is 0 Å². The predicted octanol–water partition coefficient (Wildman–Crippen LogP) is 2.86. The molecule has 0 bridgehead atoms. The van der Waals surface area contributed by atoms with Crippen LogP contribution in [0.25, 0.3) is 0 Å². The molecule has 1 aliphatic heterocycles. The molecule has 23 heavy (non-hydrogen) atoms. The molecule has 1 aromatic heterocycles. The van der Waals surface area contributed by atoms with E-state index in [1.807, 2.05) is 44.2 Å². The quantitative estimate of drug-likeness (QED) is 0.919. The van der Waals surface area contributed by atoms with Crippen molar-refractivity contribution in [1.82, 2.24) is 10.1 Å². The molecular weight excluding hydrogens is 292 g/mol. The smallest absolute Gasteiger partial charge is 0.150 e. The SMILES string of the molecule is COc1ccc([C@@](C)(O)[C@H]2CCCN2Cc2cc(C)no2)cc1. The van der Waals surface area contributed by atoms with Gasteiger partial charge in [-0.3, -0.25) is 4.90 Å². The summed E-state index contributed by atoms with van der Waals surface area (Å²) in [6.45, 7) is 5.44. The van der Waals surface area contributed by atoms with Gasteiger partial charge in [0.15, 0.2) is 5.76 Å². The minimum Gasteiger partial charge on any atom is -0.497 e. The van der Waals surface area contributed by atoms with Crippen molar-refractivity contribution in [3.8, 4) is 5.75 Å². The standard InChI is InChI=1S/C18H24N2O3/c1-13-11-16(23-19-13)12-20-10-4-5-17(20)18(2,21)14-6-8-15(22-3)9-7-14/h6-9,11,17,21H,4-5,10,12H2,1-3H3/t17-,18-/m1/s1. The second-order valence-electron chi connectivity index (χ2n) is 6.44. The fourth-order valence-electron chi connectivity index (χ4n) is 3.46. The molecule has 1 aliphatic rings. The number of aromatic nitrogens is 1.